The van der Waals surface area contributed by atoms with Crippen LogP contribution in [0, 0.1) is 11.8 Å². The molecule has 2 aliphatic rings. The summed E-state index contributed by atoms with van der Waals surface area (Å²) < 4.78 is 12.6. The smallest absolute Gasteiger partial charge is 0.230 e. The largest absolute Gasteiger partial charge is 0.369 e. The van der Waals surface area contributed by atoms with Crippen LogP contribution in [-0.2, 0) is 15.6 Å². The Kier molecular flexibility index (Phi) is 5.86. The molecular formula is C15H27NO2S. The zero-order valence-electron chi connectivity index (χ0n) is 11.8. The third-order valence-electron chi connectivity index (χ3n) is 4.82. The number of hydrogen-bond acceptors (Lipinski definition) is 2. The maximum atomic E-state index is 12.6. The highest BCUT2D eigenvalue weighted by molar-refractivity contribution is 7.86. The minimum atomic E-state index is -1.06. The molecule has 110 valence electrons. The van der Waals surface area contributed by atoms with E-state index in [2.05, 4.69) is 0 Å². The Balaban J connectivity index is 2.06. The predicted octanol–water partition coefficient (Wildman–Crippen LogP) is 2.75. The zero-order valence-corrected chi connectivity index (χ0v) is 12.6. The maximum absolute atomic E-state index is 12.6. The average molecular weight is 285 g/mol. The first-order valence-electron chi connectivity index (χ1n) is 7.84. The molecule has 0 aromatic rings. The summed E-state index contributed by atoms with van der Waals surface area (Å²) in [6.07, 6.45) is 12.5. The Morgan fingerprint density at radius 2 is 1.37 bits per heavy atom. The molecule has 3 nitrogen and oxygen atoms in total. The number of hydrogen-bond donors (Lipinski definition) is 1. The summed E-state index contributed by atoms with van der Waals surface area (Å²) in [6.45, 7) is 0. The molecule has 0 aliphatic heterocycles. The molecule has 0 aromatic heterocycles. The molecule has 1 unspecified atom stereocenters. The predicted molar refractivity (Wildman–Crippen MR) is 79.1 cm³/mol. The van der Waals surface area contributed by atoms with Crippen LogP contribution in [0.2, 0.25) is 0 Å². The van der Waals surface area contributed by atoms with Gasteiger partial charge in [-0.25, -0.2) is 0 Å². The monoisotopic (exact) mass is 285 g/mol. The van der Waals surface area contributed by atoms with Crippen LogP contribution in [0.15, 0.2) is 0 Å². The van der Waals surface area contributed by atoms with Gasteiger partial charge in [-0.2, -0.15) is 0 Å². The van der Waals surface area contributed by atoms with Crippen molar-refractivity contribution in [3.8, 4) is 0 Å². The van der Waals surface area contributed by atoms with E-state index in [9.17, 15) is 9.00 Å². The van der Waals surface area contributed by atoms with Gasteiger partial charge in [0.1, 0.15) is 5.75 Å². The second kappa shape index (κ2) is 7.41. The normalized spacial score (nSPS) is 24.5. The van der Waals surface area contributed by atoms with Crippen molar-refractivity contribution in [2.24, 2.45) is 17.6 Å². The number of carbonyl (C=O) groups excluding carboxylic acids is 1. The molecule has 0 radical (unpaired) electrons. The van der Waals surface area contributed by atoms with E-state index in [1.54, 1.807) is 0 Å². The van der Waals surface area contributed by atoms with E-state index in [-0.39, 0.29) is 11.0 Å². The molecule has 2 fully saturated rings. The minimum absolute atomic E-state index is 0.0671. The lowest BCUT2D eigenvalue weighted by Crippen LogP contribution is -2.39. The molecule has 1 amide bonds. The van der Waals surface area contributed by atoms with Crippen molar-refractivity contribution in [2.75, 3.05) is 5.75 Å². The summed E-state index contributed by atoms with van der Waals surface area (Å²) in [5.74, 6) is 0.793. The number of carbonyl (C=O) groups is 1. The summed E-state index contributed by atoms with van der Waals surface area (Å²) in [7, 11) is -1.06. The molecular weight excluding hydrogens is 258 g/mol. The van der Waals surface area contributed by atoms with Gasteiger partial charge in [-0.3, -0.25) is 9.00 Å². The highest BCUT2D eigenvalue weighted by atomic mass is 32.2. The molecule has 2 rings (SSSR count). The van der Waals surface area contributed by atoms with Gasteiger partial charge in [-0.05, 0) is 37.5 Å². The molecule has 19 heavy (non-hydrogen) atoms. The lowest BCUT2D eigenvalue weighted by molar-refractivity contribution is -0.115. The van der Waals surface area contributed by atoms with E-state index in [1.807, 2.05) is 0 Å². The van der Waals surface area contributed by atoms with Gasteiger partial charge in [0.15, 0.2) is 0 Å². The Bertz CT molecular complexity index is 302. The van der Waals surface area contributed by atoms with Crippen molar-refractivity contribution in [2.45, 2.75) is 69.5 Å². The quantitative estimate of drug-likeness (QED) is 0.844. The highest BCUT2D eigenvalue weighted by Gasteiger charge is 2.35. The molecule has 1 atom stereocenters. The average Bonchev–Trinajstić information content (AvgIpc) is 2.40. The van der Waals surface area contributed by atoms with Gasteiger partial charge in [-0.15, -0.1) is 0 Å². The Labute approximate surface area is 119 Å². The van der Waals surface area contributed by atoms with Crippen molar-refractivity contribution in [3.63, 3.8) is 0 Å². The summed E-state index contributed by atoms with van der Waals surface area (Å²) in [5.41, 5.74) is 5.26. The van der Waals surface area contributed by atoms with Crippen LogP contribution in [0.1, 0.15) is 64.2 Å². The Morgan fingerprint density at radius 1 is 0.947 bits per heavy atom. The minimum Gasteiger partial charge on any atom is -0.369 e. The number of nitrogens with two attached hydrogens (primary N) is 1. The van der Waals surface area contributed by atoms with Gasteiger partial charge in [0, 0.05) is 16.0 Å². The molecule has 0 saturated heterocycles. The van der Waals surface area contributed by atoms with Crippen LogP contribution in [-0.4, -0.2) is 21.1 Å². The molecule has 0 bridgehead atoms. The van der Waals surface area contributed by atoms with Gasteiger partial charge in [0.25, 0.3) is 0 Å². The van der Waals surface area contributed by atoms with Crippen LogP contribution in [0.3, 0.4) is 0 Å². The second-order valence-corrected chi connectivity index (χ2v) is 7.85. The fourth-order valence-corrected chi connectivity index (χ4v) is 5.85. The van der Waals surface area contributed by atoms with E-state index < -0.39 is 16.7 Å². The number of rotatable bonds is 5. The Hall–Kier alpha value is -0.380. The van der Waals surface area contributed by atoms with Crippen LogP contribution < -0.4 is 5.73 Å². The van der Waals surface area contributed by atoms with Crippen LogP contribution >= 0.6 is 0 Å². The van der Waals surface area contributed by atoms with Crippen LogP contribution in [0.4, 0.5) is 0 Å². The fourth-order valence-electron chi connectivity index (χ4n) is 3.98. The van der Waals surface area contributed by atoms with E-state index in [4.69, 9.17) is 5.73 Å². The maximum Gasteiger partial charge on any atom is 0.230 e. The van der Waals surface area contributed by atoms with E-state index in [0.29, 0.717) is 11.8 Å². The summed E-state index contributed by atoms with van der Waals surface area (Å²) in [6, 6.07) is 0. The highest BCUT2D eigenvalue weighted by Crippen LogP contribution is 2.38. The van der Waals surface area contributed by atoms with Crippen LogP contribution in [0.25, 0.3) is 0 Å². The molecule has 2 saturated carbocycles. The third-order valence-corrected chi connectivity index (χ3v) is 6.76. The van der Waals surface area contributed by atoms with Gasteiger partial charge >= 0.3 is 0 Å². The van der Waals surface area contributed by atoms with E-state index in [0.717, 1.165) is 0 Å². The van der Waals surface area contributed by atoms with Crippen molar-refractivity contribution >= 4 is 16.7 Å². The molecule has 0 aromatic carbocycles. The molecule has 4 heteroatoms. The van der Waals surface area contributed by atoms with E-state index in [1.165, 1.54) is 64.2 Å². The fraction of sp³-hybridized carbons (Fsp3) is 0.933. The number of primary amides is 1. The second-order valence-electron chi connectivity index (χ2n) is 6.25. The van der Waals surface area contributed by atoms with Crippen molar-refractivity contribution in [3.05, 3.63) is 0 Å². The van der Waals surface area contributed by atoms with Gasteiger partial charge in [-0.1, -0.05) is 38.5 Å². The summed E-state index contributed by atoms with van der Waals surface area (Å²) in [4.78, 5) is 11.1. The van der Waals surface area contributed by atoms with Crippen molar-refractivity contribution < 1.29 is 9.00 Å². The van der Waals surface area contributed by atoms with E-state index >= 15 is 0 Å². The Morgan fingerprint density at radius 3 is 1.74 bits per heavy atom. The summed E-state index contributed by atoms with van der Waals surface area (Å²) >= 11 is 0. The van der Waals surface area contributed by atoms with Gasteiger partial charge < -0.3 is 5.73 Å². The molecule has 2 N–H and O–H groups in total. The van der Waals surface area contributed by atoms with Crippen molar-refractivity contribution in [1.82, 2.24) is 0 Å². The van der Waals surface area contributed by atoms with Gasteiger partial charge in [0.2, 0.25) is 5.91 Å². The third kappa shape index (κ3) is 4.30. The van der Waals surface area contributed by atoms with Crippen LogP contribution in [0.5, 0.6) is 0 Å². The topological polar surface area (TPSA) is 60.2 Å². The van der Waals surface area contributed by atoms with Gasteiger partial charge in [0.05, 0.1) is 0 Å². The lowest BCUT2D eigenvalue weighted by atomic mass is 9.77. The molecule has 2 aliphatic carbocycles. The molecule has 0 spiro atoms. The first kappa shape index (κ1) is 15.0. The first-order chi connectivity index (χ1) is 9.18. The summed E-state index contributed by atoms with van der Waals surface area (Å²) in [5, 5.41) is 0.230. The number of amides is 1. The molecule has 0 heterocycles. The SMILES string of the molecule is NC(=O)CS(=O)C(C1CCCCC1)C1CCCCC1. The lowest BCUT2D eigenvalue weighted by Gasteiger charge is -2.37. The first-order valence-corrected chi connectivity index (χ1v) is 9.22. The van der Waals surface area contributed by atoms with Crippen molar-refractivity contribution in [1.29, 1.82) is 0 Å². The standard InChI is InChI=1S/C15H27NO2S/c16-14(17)11-19(18)15(12-7-3-1-4-8-12)13-9-5-2-6-10-13/h12-13,15H,1-11H2,(H2,16,17). The zero-order chi connectivity index (χ0) is 13.7.